The molecule has 19 heavy (non-hydrogen) atoms. The molecule has 96 valence electrons. The van der Waals surface area contributed by atoms with Gasteiger partial charge in [-0.05, 0) is 6.42 Å². The molecule has 1 heterocycles. The van der Waals surface area contributed by atoms with Crippen LogP contribution in [-0.2, 0) is 10.4 Å². The zero-order valence-electron chi connectivity index (χ0n) is 11.0. The fourth-order valence-electron chi connectivity index (χ4n) is 2.57. The quantitative estimate of drug-likeness (QED) is 0.804. The maximum Gasteiger partial charge on any atom is 0.193 e. The van der Waals surface area contributed by atoms with Crippen molar-refractivity contribution in [2.75, 3.05) is 0 Å². The third kappa shape index (κ3) is 2.03. The maximum absolute atomic E-state index is 5.90. The van der Waals surface area contributed by atoms with Crippen LogP contribution >= 0.6 is 0 Å². The summed E-state index contributed by atoms with van der Waals surface area (Å²) in [6.07, 6.45) is 1.76. The summed E-state index contributed by atoms with van der Waals surface area (Å²) in [6, 6.07) is 20.7. The Labute approximate surface area is 113 Å². The van der Waals surface area contributed by atoms with Crippen molar-refractivity contribution in [3.63, 3.8) is 0 Å². The normalized spacial score (nSPS) is 16.8. The van der Waals surface area contributed by atoms with Crippen LogP contribution in [0.25, 0.3) is 0 Å². The van der Waals surface area contributed by atoms with Gasteiger partial charge in [-0.25, -0.2) is 0 Å². The Morgan fingerprint density at radius 1 is 0.947 bits per heavy atom. The lowest BCUT2D eigenvalue weighted by Crippen LogP contribution is -2.27. The topological polar surface area (TPSA) is 21.6 Å². The van der Waals surface area contributed by atoms with Gasteiger partial charge in [-0.15, -0.1) is 0 Å². The van der Waals surface area contributed by atoms with Gasteiger partial charge in [0.05, 0.1) is 5.71 Å². The highest BCUT2D eigenvalue weighted by Crippen LogP contribution is 2.41. The first-order valence-electron chi connectivity index (χ1n) is 6.70. The summed E-state index contributed by atoms with van der Waals surface area (Å²) in [6.45, 7) is 2.12. The first-order valence-corrected chi connectivity index (χ1v) is 6.70. The Kier molecular flexibility index (Phi) is 3.08. The van der Waals surface area contributed by atoms with Crippen molar-refractivity contribution in [1.82, 2.24) is 0 Å². The van der Waals surface area contributed by atoms with E-state index >= 15 is 0 Å². The summed E-state index contributed by atoms with van der Waals surface area (Å²) < 4.78 is 0. The van der Waals surface area contributed by atoms with Crippen LogP contribution in [0.15, 0.2) is 65.8 Å². The van der Waals surface area contributed by atoms with Gasteiger partial charge >= 0.3 is 0 Å². The van der Waals surface area contributed by atoms with E-state index in [9.17, 15) is 0 Å². The van der Waals surface area contributed by atoms with Crippen molar-refractivity contribution in [2.45, 2.75) is 25.4 Å². The van der Waals surface area contributed by atoms with E-state index in [0.717, 1.165) is 29.7 Å². The van der Waals surface area contributed by atoms with E-state index < -0.39 is 5.60 Å². The smallest absolute Gasteiger partial charge is 0.193 e. The lowest BCUT2D eigenvalue weighted by atomic mass is 9.82. The predicted molar refractivity (Wildman–Crippen MR) is 77.1 cm³/mol. The molecule has 0 spiro atoms. The summed E-state index contributed by atoms with van der Waals surface area (Å²) >= 11 is 0. The minimum Gasteiger partial charge on any atom is -0.379 e. The molecule has 1 aliphatic heterocycles. The van der Waals surface area contributed by atoms with Crippen LogP contribution in [-0.4, -0.2) is 5.71 Å². The molecule has 1 aliphatic rings. The van der Waals surface area contributed by atoms with Crippen molar-refractivity contribution >= 4 is 5.71 Å². The summed E-state index contributed by atoms with van der Waals surface area (Å²) in [5.74, 6) is 0. The maximum atomic E-state index is 5.90. The molecule has 2 nitrogen and oxygen atoms in total. The van der Waals surface area contributed by atoms with Gasteiger partial charge in [0.1, 0.15) is 0 Å². The highest BCUT2D eigenvalue weighted by Gasteiger charge is 2.41. The van der Waals surface area contributed by atoms with Crippen LogP contribution in [0.1, 0.15) is 30.9 Å². The van der Waals surface area contributed by atoms with E-state index in [1.807, 2.05) is 36.4 Å². The Bertz CT molecular complexity index is 535. The van der Waals surface area contributed by atoms with Gasteiger partial charge in [-0.2, -0.15) is 0 Å². The Balaban J connectivity index is 2.08. The van der Waals surface area contributed by atoms with Gasteiger partial charge in [-0.3, -0.25) is 0 Å². The zero-order chi connectivity index (χ0) is 13.1. The molecule has 2 heteroatoms. The zero-order valence-corrected chi connectivity index (χ0v) is 11.0. The predicted octanol–water partition coefficient (Wildman–Crippen LogP) is 4.12. The van der Waals surface area contributed by atoms with Crippen LogP contribution in [0.4, 0.5) is 0 Å². The van der Waals surface area contributed by atoms with Crippen LogP contribution < -0.4 is 0 Å². The molecular weight excluding hydrogens is 234 g/mol. The van der Waals surface area contributed by atoms with Crippen LogP contribution in [0.2, 0.25) is 0 Å². The molecule has 0 radical (unpaired) electrons. The molecule has 0 fully saturated rings. The Morgan fingerprint density at radius 2 is 1.47 bits per heavy atom. The average Bonchev–Trinajstić information content (AvgIpc) is 2.95. The minimum absolute atomic E-state index is 0.451. The first kappa shape index (κ1) is 12.0. The van der Waals surface area contributed by atoms with E-state index in [1.54, 1.807) is 0 Å². The van der Waals surface area contributed by atoms with E-state index in [1.165, 1.54) is 0 Å². The van der Waals surface area contributed by atoms with E-state index in [0.29, 0.717) is 0 Å². The molecule has 0 N–H and O–H groups in total. The average molecular weight is 251 g/mol. The molecule has 3 rings (SSSR count). The minimum atomic E-state index is -0.451. The van der Waals surface area contributed by atoms with Crippen LogP contribution in [0.5, 0.6) is 0 Å². The molecule has 0 saturated heterocycles. The molecule has 0 saturated carbocycles. The second-order valence-corrected chi connectivity index (χ2v) is 4.84. The number of hydrogen-bond acceptors (Lipinski definition) is 2. The Morgan fingerprint density at radius 3 is 1.89 bits per heavy atom. The fourth-order valence-corrected chi connectivity index (χ4v) is 2.57. The molecule has 0 unspecified atom stereocenters. The fraction of sp³-hybridized carbons (Fsp3) is 0.235. The van der Waals surface area contributed by atoms with Gasteiger partial charge in [0, 0.05) is 17.5 Å². The number of nitrogens with zero attached hydrogens (tertiary/aromatic N) is 1. The van der Waals surface area contributed by atoms with Gasteiger partial charge in [0.25, 0.3) is 0 Å². The number of hydrogen-bond donors (Lipinski definition) is 0. The lowest BCUT2D eigenvalue weighted by molar-refractivity contribution is 0.0112. The van der Waals surface area contributed by atoms with E-state index in [-0.39, 0.29) is 0 Å². The standard InChI is InChI=1S/C17H17NO/c1-2-16-13-17(19-18-16,14-9-5-3-6-10-14)15-11-7-4-8-12-15/h3-12H,2,13H2,1H3. The molecule has 0 atom stereocenters. The van der Waals surface area contributed by atoms with Crippen molar-refractivity contribution in [3.05, 3.63) is 71.8 Å². The molecule has 0 amide bonds. The van der Waals surface area contributed by atoms with Gasteiger partial charge in [0.15, 0.2) is 5.60 Å². The van der Waals surface area contributed by atoms with Crippen molar-refractivity contribution < 1.29 is 4.84 Å². The number of oxime groups is 1. The number of rotatable bonds is 3. The SMILES string of the molecule is CCC1=NOC(c2ccccc2)(c2ccccc2)C1. The largest absolute Gasteiger partial charge is 0.379 e. The van der Waals surface area contributed by atoms with Crippen LogP contribution in [0, 0.1) is 0 Å². The van der Waals surface area contributed by atoms with Crippen LogP contribution in [0.3, 0.4) is 0 Å². The molecule has 0 bridgehead atoms. The second-order valence-electron chi connectivity index (χ2n) is 4.84. The lowest BCUT2D eigenvalue weighted by Gasteiger charge is -2.27. The third-order valence-electron chi connectivity index (χ3n) is 3.67. The Hall–Kier alpha value is -2.09. The summed E-state index contributed by atoms with van der Waals surface area (Å²) in [5, 5.41) is 4.28. The molecule has 0 aromatic heterocycles. The first-order chi connectivity index (χ1) is 9.35. The molecule has 2 aromatic carbocycles. The summed E-state index contributed by atoms with van der Waals surface area (Å²) in [5.41, 5.74) is 2.99. The van der Waals surface area contributed by atoms with E-state index in [4.69, 9.17) is 4.84 Å². The van der Waals surface area contributed by atoms with Crippen molar-refractivity contribution in [3.8, 4) is 0 Å². The van der Waals surface area contributed by atoms with Gasteiger partial charge in [0.2, 0.25) is 0 Å². The highest BCUT2D eigenvalue weighted by atomic mass is 16.7. The molecular formula is C17H17NO. The number of benzene rings is 2. The molecule has 0 aliphatic carbocycles. The highest BCUT2D eigenvalue weighted by molar-refractivity contribution is 5.86. The monoisotopic (exact) mass is 251 g/mol. The van der Waals surface area contributed by atoms with Gasteiger partial charge < -0.3 is 4.84 Å². The van der Waals surface area contributed by atoms with Crippen molar-refractivity contribution in [1.29, 1.82) is 0 Å². The van der Waals surface area contributed by atoms with Gasteiger partial charge in [-0.1, -0.05) is 72.7 Å². The third-order valence-corrected chi connectivity index (χ3v) is 3.67. The van der Waals surface area contributed by atoms with E-state index in [2.05, 4.69) is 36.3 Å². The summed E-state index contributed by atoms with van der Waals surface area (Å²) in [4.78, 5) is 5.90. The van der Waals surface area contributed by atoms with Crippen molar-refractivity contribution in [2.24, 2.45) is 5.16 Å². The molecule has 2 aromatic rings. The second kappa shape index (κ2) is 4.88. The summed E-state index contributed by atoms with van der Waals surface area (Å²) in [7, 11) is 0.